The molecule has 26 heavy (non-hydrogen) atoms. The predicted octanol–water partition coefficient (Wildman–Crippen LogP) is 5.97. The molecule has 2 aromatic carbocycles. The highest BCUT2D eigenvalue weighted by atomic mass is 19.4. The Bertz CT molecular complexity index is 779. The Morgan fingerprint density at radius 1 is 0.538 bits per heavy atom. The van der Waals surface area contributed by atoms with E-state index in [2.05, 4.69) is 0 Å². The summed E-state index contributed by atoms with van der Waals surface area (Å²) in [5, 5.41) is 0. The van der Waals surface area contributed by atoms with Crippen molar-refractivity contribution in [1.29, 1.82) is 0 Å². The van der Waals surface area contributed by atoms with Crippen LogP contribution in [0.15, 0.2) is 42.5 Å². The second-order valence-electron chi connectivity index (χ2n) is 5.20. The molecule has 0 saturated heterocycles. The molecule has 0 saturated carbocycles. The van der Waals surface area contributed by atoms with Gasteiger partial charge in [-0.25, -0.2) is 0 Å². The number of ketones is 1. The van der Waals surface area contributed by atoms with E-state index >= 15 is 0 Å². The smallest absolute Gasteiger partial charge is 0.289 e. The third-order valence-corrected chi connectivity index (χ3v) is 3.32. The van der Waals surface area contributed by atoms with Gasteiger partial charge in [-0.1, -0.05) is 12.1 Å². The molecule has 0 aliphatic rings. The third-order valence-electron chi connectivity index (χ3n) is 3.32. The van der Waals surface area contributed by atoms with Crippen LogP contribution in [0.25, 0.3) is 0 Å². The molecule has 0 bridgehead atoms. The molecule has 0 fully saturated rings. The van der Waals surface area contributed by atoms with Crippen LogP contribution in [0.1, 0.15) is 32.6 Å². The summed E-state index contributed by atoms with van der Waals surface area (Å²) in [5.74, 6) is -1.27. The molecule has 2 rings (SSSR count). The van der Waals surface area contributed by atoms with Gasteiger partial charge < -0.3 is 0 Å². The summed E-state index contributed by atoms with van der Waals surface area (Å²) in [5.41, 5.74) is -5.92. The Labute approximate surface area is 140 Å². The molecule has 0 amide bonds. The van der Waals surface area contributed by atoms with E-state index in [-0.39, 0.29) is 18.2 Å². The van der Waals surface area contributed by atoms with Crippen LogP contribution < -0.4 is 0 Å². The van der Waals surface area contributed by atoms with Crippen molar-refractivity contribution in [3.05, 3.63) is 70.3 Å². The molecule has 10 heteroatoms. The second kappa shape index (κ2) is 6.33. The van der Waals surface area contributed by atoms with Crippen molar-refractivity contribution in [1.82, 2.24) is 0 Å². The van der Waals surface area contributed by atoms with Gasteiger partial charge in [0, 0.05) is 11.1 Å². The molecule has 0 unspecified atom stereocenters. The highest BCUT2D eigenvalue weighted by Gasteiger charge is 2.37. The molecule has 0 aromatic heterocycles. The highest BCUT2D eigenvalue weighted by molar-refractivity contribution is 6.09. The van der Waals surface area contributed by atoms with E-state index in [9.17, 15) is 44.3 Å². The van der Waals surface area contributed by atoms with Crippen molar-refractivity contribution in [3.8, 4) is 0 Å². The lowest BCUT2D eigenvalue weighted by molar-refractivity contribution is -0.143. The molecular formula is C16H7F9O. The fourth-order valence-electron chi connectivity index (χ4n) is 2.06. The van der Waals surface area contributed by atoms with Crippen molar-refractivity contribution in [2.24, 2.45) is 0 Å². The number of hydrogen-bond acceptors (Lipinski definition) is 1. The van der Waals surface area contributed by atoms with Crippen molar-refractivity contribution < 1.29 is 44.3 Å². The molecular weight excluding hydrogens is 379 g/mol. The molecule has 0 spiro atoms. The second-order valence-corrected chi connectivity index (χ2v) is 5.20. The van der Waals surface area contributed by atoms with Gasteiger partial charge in [0.05, 0.1) is 16.7 Å². The Hall–Kier alpha value is -2.52. The summed E-state index contributed by atoms with van der Waals surface area (Å²) in [4.78, 5) is 12.1. The molecule has 0 N–H and O–H groups in total. The van der Waals surface area contributed by atoms with E-state index in [0.29, 0.717) is 24.3 Å². The Morgan fingerprint density at radius 2 is 0.923 bits per heavy atom. The number of carbonyl (C=O) groups is 1. The highest BCUT2D eigenvalue weighted by Crippen LogP contribution is 2.37. The first-order valence-corrected chi connectivity index (χ1v) is 6.71. The summed E-state index contributed by atoms with van der Waals surface area (Å²) in [7, 11) is 0. The first-order valence-electron chi connectivity index (χ1n) is 6.71. The largest absolute Gasteiger partial charge is 0.416 e. The zero-order chi connectivity index (χ0) is 19.9. The van der Waals surface area contributed by atoms with E-state index in [0.717, 1.165) is 0 Å². The maximum atomic E-state index is 12.8. The molecule has 2 aromatic rings. The van der Waals surface area contributed by atoms with Crippen LogP contribution in [-0.4, -0.2) is 5.78 Å². The number of carbonyl (C=O) groups excluding carboxylic acids is 1. The zero-order valence-corrected chi connectivity index (χ0v) is 12.4. The van der Waals surface area contributed by atoms with Crippen molar-refractivity contribution in [2.75, 3.05) is 0 Å². The van der Waals surface area contributed by atoms with E-state index < -0.39 is 52.1 Å². The minimum Gasteiger partial charge on any atom is -0.289 e. The van der Waals surface area contributed by atoms with E-state index in [1.54, 1.807) is 0 Å². The number of benzene rings is 2. The summed E-state index contributed by atoms with van der Waals surface area (Å²) in [6.07, 6.45) is -15.0. The van der Waals surface area contributed by atoms with Gasteiger partial charge in [0.25, 0.3) is 0 Å². The minimum atomic E-state index is -5.14. The van der Waals surface area contributed by atoms with Crippen LogP contribution in [0.3, 0.4) is 0 Å². The van der Waals surface area contributed by atoms with Gasteiger partial charge in [-0.3, -0.25) is 4.79 Å². The maximum absolute atomic E-state index is 12.8. The molecule has 1 nitrogen and oxygen atoms in total. The Kier molecular flexibility index (Phi) is 4.82. The van der Waals surface area contributed by atoms with E-state index in [1.165, 1.54) is 0 Å². The molecule has 0 heterocycles. The number of rotatable bonds is 2. The van der Waals surface area contributed by atoms with Crippen molar-refractivity contribution in [2.45, 2.75) is 18.5 Å². The normalized spacial score (nSPS) is 13.0. The van der Waals surface area contributed by atoms with Gasteiger partial charge in [-0.2, -0.15) is 39.5 Å². The standard InChI is InChI=1S/C16H7F9O/c17-14(18,19)10-3-1-8(2-4-10)13(26)9-5-11(15(20,21)22)7-12(6-9)16(23,24)25/h1-7H. The monoisotopic (exact) mass is 386 g/mol. The average Bonchev–Trinajstić information content (AvgIpc) is 2.51. The maximum Gasteiger partial charge on any atom is 0.416 e. The lowest BCUT2D eigenvalue weighted by atomic mass is 9.97. The van der Waals surface area contributed by atoms with Crippen LogP contribution in [0.5, 0.6) is 0 Å². The zero-order valence-electron chi connectivity index (χ0n) is 12.4. The quantitative estimate of drug-likeness (QED) is 0.459. The van der Waals surface area contributed by atoms with Gasteiger partial charge in [-0.15, -0.1) is 0 Å². The van der Waals surface area contributed by atoms with Crippen molar-refractivity contribution in [3.63, 3.8) is 0 Å². The summed E-state index contributed by atoms with van der Waals surface area (Å²) >= 11 is 0. The SMILES string of the molecule is O=C(c1ccc(C(F)(F)F)cc1)c1cc(C(F)(F)F)cc(C(F)(F)F)c1. The van der Waals surface area contributed by atoms with Crippen molar-refractivity contribution >= 4 is 5.78 Å². The number of alkyl halides is 9. The van der Waals surface area contributed by atoms with Gasteiger partial charge in [0.1, 0.15) is 0 Å². The summed E-state index contributed by atoms with van der Waals surface area (Å²) in [6, 6.07) is 2.66. The van der Waals surface area contributed by atoms with Gasteiger partial charge in [-0.05, 0) is 30.3 Å². The average molecular weight is 386 g/mol. The summed E-state index contributed by atoms with van der Waals surface area (Å²) < 4.78 is 114. The molecule has 0 aliphatic heterocycles. The Balaban J connectivity index is 2.51. The predicted molar refractivity (Wildman–Crippen MR) is 71.3 cm³/mol. The fourth-order valence-corrected chi connectivity index (χ4v) is 2.06. The molecule has 0 aliphatic carbocycles. The van der Waals surface area contributed by atoms with E-state index in [1.807, 2.05) is 0 Å². The van der Waals surface area contributed by atoms with Crippen LogP contribution in [0, 0.1) is 0 Å². The lowest BCUT2D eigenvalue weighted by Gasteiger charge is -2.14. The first-order chi connectivity index (χ1) is 11.7. The topological polar surface area (TPSA) is 17.1 Å². The van der Waals surface area contributed by atoms with Gasteiger partial charge >= 0.3 is 18.5 Å². The molecule has 0 atom stereocenters. The minimum absolute atomic E-state index is 0.149. The van der Waals surface area contributed by atoms with E-state index in [4.69, 9.17) is 0 Å². The summed E-state index contributed by atoms with van der Waals surface area (Å²) in [6.45, 7) is 0. The molecule has 0 radical (unpaired) electrons. The van der Waals surface area contributed by atoms with Crippen LogP contribution in [0.2, 0.25) is 0 Å². The number of halogens is 9. The number of hydrogen-bond donors (Lipinski definition) is 0. The van der Waals surface area contributed by atoms with Gasteiger partial charge in [0.15, 0.2) is 5.78 Å². The third kappa shape index (κ3) is 4.36. The van der Waals surface area contributed by atoms with Crippen LogP contribution in [-0.2, 0) is 18.5 Å². The Morgan fingerprint density at radius 3 is 1.27 bits per heavy atom. The van der Waals surface area contributed by atoms with Gasteiger partial charge in [0.2, 0.25) is 0 Å². The fraction of sp³-hybridized carbons (Fsp3) is 0.188. The first kappa shape index (κ1) is 19.8. The lowest BCUT2D eigenvalue weighted by Crippen LogP contribution is -2.14. The molecule has 140 valence electrons. The van der Waals surface area contributed by atoms with Crippen LogP contribution in [0.4, 0.5) is 39.5 Å². The van der Waals surface area contributed by atoms with Crippen LogP contribution >= 0.6 is 0 Å².